The van der Waals surface area contributed by atoms with Gasteiger partial charge in [-0.1, -0.05) is 0 Å². The van der Waals surface area contributed by atoms with Crippen molar-refractivity contribution in [3.63, 3.8) is 0 Å². The van der Waals surface area contributed by atoms with Crippen LogP contribution in [0, 0.1) is 0 Å². The van der Waals surface area contributed by atoms with Gasteiger partial charge in [0, 0.05) is 0 Å². The lowest BCUT2D eigenvalue weighted by atomic mass is 10.4. The molecule has 9 heavy (non-hydrogen) atoms. The molecule has 1 rings (SSSR count). The summed E-state index contributed by atoms with van der Waals surface area (Å²) in [6.45, 7) is 4.54. The van der Waals surface area contributed by atoms with Gasteiger partial charge in [0.2, 0.25) is 0 Å². The van der Waals surface area contributed by atoms with Crippen molar-refractivity contribution in [3.8, 4) is 0 Å². The molecule has 0 bridgehead atoms. The molecular weight excluding hydrogens is 120 g/mol. The van der Waals surface area contributed by atoms with Crippen molar-refractivity contribution in [2.45, 2.75) is 19.6 Å². The monoisotopic (exact) mass is 132 g/mol. The molecule has 0 amide bonds. The van der Waals surface area contributed by atoms with Crippen LogP contribution in [0.2, 0.25) is 0 Å². The molecule has 0 aromatic carbocycles. The number of nitrogens with two attached hydrogens (primary N) is 1. The van der Waals surface area contributed by atoms with Crippen molar-refractivity contribution in [1.29, 1.82) is 0 Å². The number of ether oxygens (including phenoxy) is 1. The van der Waals surface area contributed by atoms with Crippen molar-refractivity contribution in [2.75, 3.05) is 13.4 Å². The minimum atomic E-state index is -0.487. The van der Waals surface area contributed by atoms with E-state index >= 15 is 0 Å². The zero-order valence-corrected chi connectivity index (χ0v) is 5.76. The van der Waals surface area contributed by atoms with Crippen LogP contribution in [0.3, 0.4) is 0 Å². The highest BCUT2D eigenvalue weighted by molar-refractivity contribution is 4.56. The Labute approximate surface area is 54.5 Å². The Balaban J connectivity index is 2.38. The Morgan fingerprint density at radius 1 is 1.67 bits per heavy atom. The molecule has 4 nitrogen and oxygen atoms in total. The van der Waals surface area contributed by atoms with Crippen LogP contribution in [0.1, 0.15) is 13.8 Å². The number of hydrogen-bond acceptors (Lipinski definition) is 4. The fourth-order valence-electron chi connectivity index (χ4n) is 0.681. The minimum Gasteiger partial charge on any atom is -0.331 e. The Morgan fingerprint density at radius 3 is 2.56 bits per heavy atom. The van der Waals surface area contributed by atoms with E-state index < -0.39 is 5.79 Å². The molecule has 1 aliphatic heterocycles. The van der Waals surface area contributed by atoms with E-state index in [-0.39, 0.29) is 0 Å². The molecule has 1 aliphatic rings. The van der Waals surface area contributed by atoms with E-state index in [1.54, 1.807) is 5.06 Å². The van der Waals surface area contributed by atoms with E-state index in [1.807, 2.05) is 13.8 Å². The van der Waals surface area contributed by atoms with Gasteiger partial charge < -0.3 is 10.5 Å². The second-order valence-electron chi connectivity index (χ2n) is 2.43. The fraction of sp³-hybridized carbons (Fsp3) is 1.00. The van der Waals surface area contributed by atoms with Crippen LogP contribution in [0.4, 0.5) is 0 Å². The lowest BCUT2D eigenvalue weighted by Gasteiger charge is -2.15. The van der Waals surface area contributed by atoms with Crippen LogP contribution in [-0.4, -0.2) is 24.2 Å². The molecule has 0 unspecified atom stereocenters. The Morgan fingerprint density at radius 2 is 2.33 bits per heavy atom. The van der Waals surface area contributed by atoms with Gasteiger partial charge in [-0.2, -0.15) is 0 Å². The number of rotatable bonds is 1. The zero-order chi connectivity index (χ0) is 6.91. The normalized spacial score (nSPS) is 27.0. The van der Waals surface area contributed by atoms with Gasteiger partial charge >= 0.3 is 0 Å². The average molecular weight is 132 g/mol. The lowest BCUT2D eigenvalue weighted by molar-refractivity contribution is -0.213. The first-order valence-corrected chi connectivity index (χ1v) is 2.92. The molecule has 0 aromatic rings. The molecule has 0 aliphatic carbocycles. The van der Waals surface area contributed by atoms with Crippen molar-refractivity contribution in [2.24, 2.45) is 5.73 Å². The van der Waals surface area contributed by atoms with Gasteiger partial charge in [-0.15, -0.1) is 5.06 Å². The first-order chi connectivity index (χ1) is 4.14. The van der Waals surface area contributed by atoms with E-state index in [0.29, 0.717) is 13.4 Å². The van der Waals surface area contributed by atoms with Gasteiger partial charge in [-0.05, 0) is 13.8 Å². The van der Waals surface area contributed by atoms with Crippen molar-refractivity contribution in [1.82, 2.24) is 5.06 Å². The summed E-state index contributed by atoms with van der Waals surface area (Å²) < 4.78 is 5.17. The third-order valence-corrected chi connectivity index (χ3v) is 1.11. The fourth-order valence-corrected chi connectivity index (χ4v) is 0.681. The summed E-state index contributed by atoms with van der Waals surface area (Å²) >= 11 is 0. The zero-order valence-electron chi connectivity index (χ0n) is 5.76. The maximum atomic E-state index is 5.28. The Bertz CT molecular complexity index is 105. The van der Waals surface area contributed by atoms with Gasteiger partial charge in [0.05, 0.1) is 6.67 Å². The van der Waals surface area contributed by atoms with E-state index in [9.17, 15) is 0 Å². The first-order valence-electron chi connectivity index (χ1n) is 2.92. The van der Waals surface area contributed by atoms with Crippen LogP contribution in [0.5, 0.6) is 0 Å². The van der Waals surface area contributed by atoms with Crippen molar-refractivity contribution >= 4 is 0 Å². The summed E-state index contributed by atoms with van der Waals surface area (Å²) in [5.74, 6) is -0.487. The van der Waals surface area contributed by atoms with E-state index in [4.69, 9.17) is 15.3 Å². The number of hydroxylamine groups is 2. The predicted molar refractivity (Wildman–Crippen MR) is 32.0 cm³/mol. The second kappa shape index (κ2) is 2.22. The number of nitrogens with zero attached hydrogens (tertiary/aromatic N) is 1. The standard InChI is InChI=1S/C5H12N2O2/c1-5(2)8-4-7(3-6)9-5/h3-4,6H2,1-2H3. The molecule has 4 heteroatoms. The predicted octanol–water partition coefficient (Wildman–Crippen LogP) is -0.140. The summed E-state index contributed by atoms with van der Waals surface area (Å²) in [5.41, 5.74) is 5.28. The van der Waals surface area contributed by atoms with Crippen molar-refractivity contribution in [3.05, 3.63) is 0 Å². The summed E-state index contributed by atoms with van der Waals surface area (Å²) in [4.78, 5) is 5.18. The third kappa shape index (κ3) is 1.62. The second-order valence-corrected chi connectivity index (χ2v) is 2.43. The Hall–Kier alpha value is -0.160. The average Bonchev–Trinajstić information content (AvgIpc) is 2.10. The van der Waals surface area contributed by atoms with Gasteiger partial charge in [-0.3, -0.25) is 4.84 Å². The summed E-state index contributed by atoms with van der Waals surface area (Å²) in [7, 11) is 0. The molecule has 0 saturated carbocycles. The maximum absolute atomic E-state index is 5.28. The molecule has 54 valence electrons. The quantitative estimate of drug-likeness (QED) is 0.539. The molecular formula is C5H12N2O2. The summed E-state index contributed by atoms with van der Waals surface area (Å²) in [5, 5.41) is 1.57. The molecule has 0 spiro atoms. The van der Waals surface area contributed by atoms with Gasteiger partial charge in [0.1, 0.15) is 6.73 Å². The summed E-state index contributed by atoms with van der Waals surface area (Å²) in [6, 6.07) is 0. The highest BCUT2D eigenvalue weighted by atomic mass is 16.9. The van der Waals surface area contributed by atoms with Gasteiger partial charge in [0.25, 0.3) is 0 Å². The van der Waals surface area contributed by atoms with Crippen LogP contribution in [-0.2, 0) is 9.57 Å². The molecule has 1 saturated heterocycles. The van der Waals surface area contributed by atoms with E-state index in [2.05, 4.69) is 0 Å². The molecule has 1 fully saturated rings. The smallest absolute Gasteiger partial charge is 0.184 e. The summed E-state index contributed by atoms with van der Waals surface area (Å²) in [6.07, 6.45) is 0. The van der Waals surface area contributed by atoms with Crippen LogP contribution < -0.4 is 5.73 Å². The maximum Gasteiger partial charge on any atom is 0.184 e. The molecule has 0 atom stereocenters. The van der Waals surface area contributed by atoms with Crippen LogP contribution in [0.15, 0.2) is 0 Å². The largest absolute Gasteiger partial charge is 0.331 e. The SMILES string of the molecule is CC1(C)OCN(CN)O1. The minimum absolute atomic E-state index is 0.378. The van der Waals surface area contributed by atoms with Gasteiger partial charge in [0.15, 0.2) is 5.79 Å². The topological polar surface area (TPSA) is 47.7 Å². The Kier molecular flexibility index (Phi) is 1.72. The van der Waals surface area contributed by atoms with Crippen molar-refractivity contribution < 1.29 is 9.57 Å². The van der Waals surface area contributed by atoms with E-state index in [1.165, 1.54) is 0 Å². The first kappa shape index (κ1) is 6.95. The van der Waals surface area contributed by atoms with E-state index in [0.717, 1.165) is 0 Å². The molecule has 0 radical (unpaired) electrons. The number of hydrogen-bond donors (Lipinski definition) is 1. The van der Waals surface area contributed by atoms with Gasteiger partial charge in [-0.25, -0.2) is 0 Å². The lowest BCUT2D eigenvalue weighted by Crippen LogP contribution is -2.29. The molecule has 2 N–H and O–H groups in total. The third-order valence-electron chi connectivity index (χ3n) is 1.11. The van der Waals surface area contributed by atoms with Crippen LogP contribution in [0.25, 0.3) is 0 Å². The highest BCUT2D eigenvalue weighted by Crippen LogP contribution is 2.19. The highest BCUT2D eigenvalue weighted by Gasteiger charge is 2.30. The molecule has 0 aromatic heterocycles. The van der Waals surface area contributed by atoms with Crippen LogP contribution >= 0.6 is 0 Å². The molecule has 1 heterocycles.